The van der Waals surface area contributed by atoms with E-state index >= 15 is 0 Å². The van der Waals surface area contributed by atoms with Crippen LogP contribution in [-0.2, 0) is 4.79 Å². The standard InChI is InChI=1S/C27H24N2O/c1-2-8-20(19-23-12-5-10-21-9-3-4-14-24(21)23)16-17-26(30)29-25-15-6-11-22-13-7-18-28-27(22)25/h2-7,9-15,18-19H,1,8,16-17H2,(H,29,30)/b20-19-. The predicted octanol–water partition coefficient (Wildman–Crippen LogP) is 6.77. The van der Waals surface area contributed by atoms with Crippen LogP contribution in [0.4, 0.5) is 5.69 Å². The number of para-hydroxylation sites is 1. The molecule has 4 aromatic rings. The number of aromatic nitrogens is 1. The van der Waals surface area contributed by atoms with Crippen LogP contribution in [0.25, 0.3) is 27.8 Å². The second kappa shape index (κ2) is 9.19. The van der Waals surface area contributed by atoms with Crippen LogP contribution < -0.4 is 5.32 Å². The van der Waals surface area contributed by atoms with Gasteiger partial charge in [0.1, 0.15) is 0 Å². The van der Waals surface area contributed by atoms with Crippen LogP contribution >= 0.6 is 0 Å². The van der Waals surface area contributed by atoms with E-state index < -0.39 is 0 Å². The monoisotopic (exact) mass is 392 g/mol. The third-order valence-corrected chi connectivity index (χ3v) is 5.17. The molecule has 0 aliphatic heterocycles. The van der Waals surface area contributed by atoms with E-state index in [0.717, 1.165) is 23.0 Å². The van der Waals surface area contributed by atoms with Gasteiger partial charge in [-0.1, -0.05) is 78.4 Å². The van der Waals surface area contributed by atoms with Gasteiger partial charge in [0.05, 0.1) is 11.2 Å². The molecular weight excluding hydrogens is 368 g/mol. The smallest absolute Gasteiger partial charge is 0.224 e. The van der Waals surface area contributed by atoms with E-state index in [4.69, 9.17) is 0 Å². The Balaban J connectivity index is 1.50. The lowest BCUT2D eigenvalue weighted by Crippen LogP contribution is -2.12. The normalized spacial score (nSPS) is 11.5. The SMILES string of the molecule is C=CC/C(=C/c1cccc2ccccc12)CCC(=O)Nc1cccc2cccnc12. The Morgan fingerprint density at radius 3 is 2.57 bits per heavy atom. The molecule has 0 aliphatic rings. The summed E-state index contributed by atoms with van der Waals surface area (Å²) < 4.78 is 0. The maximum Gasteiger partial charge on any atom is 0.224 e. The van der Waals surface area contributed by atoms with Gasteiger partial charge in [0, 0.05) is 18.0 Å². The molecule has 148 valence electrons. The Kier molecular flexibility index (Phi) is 6.00. The van der Waals surface area contributed by atoms with Crippen molar-refractivity contribution in [2.24, 2.45) is 0 Å². The number of hydrogen-bond donors (Lipinski definition) is 1. The first kappa shape index (κ1) is 19.6. The van der Waals surface area contributed by atoms with Gasteiger partial charge >= 0.3 is 0 Å². The number of carbonyl (C=O) groups is 1. The summed E-state index contributed by atoms with van der Waals surface area (Å²) in [6, 6.07) is 24.4. The predicted molar refractivity (Wildman–Crippen MR) is 126 cm³/mol. The number of hydrogen-bond acceptors (Lipinski definition) is 2. The van der Waals surface area contributed by atoms with Crippen LogP contribution in [0.1, 0.15) is 24.8 Å². The molecule has 1 aromatic heterocycles. The maximum atomic E-state index is 12.6. The molecule has 1 amide bonds. The van der Waals surface area contributed by atoms with Crippen molar-refractivity contribution in [3.05, 3.63) is 103 Å². The number of pyridine rings is 1. The summed E-state index contributed by atoms with van der Waals surface area (Å²) in [5.74, 6) is -0.0129. The summed E-state index contributed by atoms with van der Waals surface area (Å²) in [6.45, 7) is 3.88. The van der Waals surface area contributed by atoms with Crippen LogP contribution in [-0.4, -0.2) is 10.9 Å². The van der Waals surface area contributed by atoms with E-state index in [1.807, 2.05) is 42.5 Å². The molecule has 3 heteroatoms. The van der Waals surface area contributed by atoms with Crippen LogP contribution in [0, 0.1) is 0 Å². The quantitative estimate of drug-likeness (QED) is 0.353. The first-order chi connectivity index (χ1) is 14.7. The molecule has 0 saturated carbocycles. The molecule has 0 saturated heterocycles. The summed E-state index contributed by atoms with van der Waals surface area (Å²) in [5, 5.41) is 6.46. The Hall–Kier alpha value is -3.72. The van der Waals surface area contributed by atoms with Crippen molar-refractivity contribution in [3.8, 4) is 0 Å². The zero-order valence-corrected chi connectivity index (χ0v) is 16.8. The van der Waals surface area contributed by atoms with Crippen LogP contribution in [0.5, 0.6) is 0 Å². The number of rotatable bonds is 7. The maximum absolute atomic E-state index is 12.6. The van der Waals surface area contributed by atoms with E-state index in [1.54, 1.807) is 6.20 Å². The molecule has 0 unspecified atom stereocenters. The molecule has 4 rings (SSSR count). The zero-order chi connectivity index (χ0) is 20.8. The zero-order valence-electron chi connectivity index (χ0n) is 16.8. The topological polar surface area (TPSA) is 42.0 Å². The van der Waals surface area contributed by atoms with Crippen molar-refractivity contribution in [2.75, 3.05) is 5.32 Å². The summed E-state index contributed by atoms with van der Waals surface area (Å²) in [5.41, 5.74) is 3.92. The van der Waals surface area contributed by atoms with Crippen molar-refractivity contribution < 1.29 is 4.79 Å². The van der Waals surface area contributed by atoms with Gasteiger partial charge in [-0.25, -0.2) is 0 Å². The molecule has 3 aromatic carbocycles. The van der Waals surface area contributed by atoms with E-state index in [2.05, 4.69) is 59.4 Å². The average Bonchev–Trinajstić information content (AvgIpc) is 2.78. The van der Waals surface area contributed by atoms with Gasteiger partial charge in [-0.15, -0.1) is 6.58 Å². The second-order valence-corrected chi connectivity index (χ2v) is 7.29. The average molecular weight is 393 g/mol. The van der Waals surface area contributed by atoms with Gasteiger partial charge < -0.3 is 5.32 Å². The number of benzene rings is 3. The molecule has 1 heterocycles. The molecule has 0 radical (unpaired) electrons. The lowest BCUT2D eigenvalue weighted by Gasteiger charge is -2.10. The fourth-order valence-corrected chi connectivity index (χ4v) is 3.71. The Bertz CT molecular complexity index is 1230. The second-order valence-electron chi connectivity index (χ2n) is 7.29. The van der Waals surface area contributed by atoms with Gasteiger partial charge in [0.2, 0.25) is 5.91 Å². The van der Waals surface area contributed by atoms with Crippen molar-refractivity contribution in [1.29, 1.82) is 0 Å². The fourth-order valence-electron chi connectivity index (χ4n) is 3.71. The van der Waals surface area contributed by atoms with Crippen molar-refractivity contribution in [1.82, 2.24) is 4.98 Å². The van der Waals surface area contributed by atoms with Crippen LogP contribution in [0.3, 0.4) is 0 Å². The minimum Gasteiger partial charge on any atom is -0.324 e. The number of carbonyl (C=O) groups excluding carboxylic acids is 1. The number of anilines is 1. The summed E-state index contributed by atoms with van der Waals surface area (Å²) in [4.78, 5) is 17.0. The van der Waals surface area contributed by atoms with Gasteiger partial charge in [-0.05, 0) is 41.3 Å². The first-order valence-electron chi connectivity index (χ1n) is 10.2. The fraction of sp³-hybridized carbons (Fsp3) is 0.111. The Labute approximate surface area is 176 Å². The highest BCUT2D eigenvalue weighted by Gasteiger charge is 2.08. The van der Waals surface area contributed by atoms with Gasteiger partial charge in [0.25, 0.3) is 0 Å². The molecular formula is C27H24N2O. The highest BCUT2D eigenvalue weighted by Crippen LogP contribution is 2.24. The molecule has 30 heavy (non-hydrogen) atoms. The molecule has 0 spiro atoms. The van der Waals surface area contributed by atoms with Crippen molar-refractivity contribution >= 4 is 39.3 Å². The number of allylic oxidation sites excluding steroid dienone is 2. The number of nitrogens with one attached hydrogen (secondary N) is 1. The number of amides is 1. The van der Waals surface area contributed by atoms with Crippen LogP contribution in [0.15, 0.2) is 97.2 Å². The van der Waals surface area contributed by atoms with Crippen molar-refractivity contribution in [2.45, 2.75) is 19.3 Å². The van der Waals surface area contributed by atoms with E-state index in [1.165, 1.54) is 21.9 Å². The summed E-state index contributed by atoms with van der Waals surface area (Å²) in [6.07, 6.45) is 7.67. The first-order valence-corrected chi connectivity index (χ1v) is 10.2. The third-order valence-electron chi connectivity index (χ3n) is 5.17. The lowest BCUT2D eigenvalue weighted by atomic mass is 9.99. The van der Waals surface area contributed by atoms with Crippen molar-refractivity contribution in [3.63, 3.8) is 0 Å². The lowest BCUT2D eigenvalue weighted by molar-refractivity contribution is -0.116. The summed E-state index contributed by atoms with van der Waals surface area (Å²) in [7, 11) is 0. The largest absolute Gasteiger partial charge is 0.324 e. The van der Waals surface area contributed by atoms with E-state index in [-0.39, 0.29) is 5.91 Å². The Morgan fingerprint density at radius 2 is 1.67 bits per heavy atom. The molecule has 3 nitrogen and oxygen atoms in total. The van der Waals surface area contributed by atoms with Gasteiger partial charge in [-0.2, -0.15) is 0 Å². The Morgan fingerprint density at radius 1 is 0.900 bits per heavy atom. The van der Waals surface area contributed by atoms with Gasteiger partial charge in [0.15, 0.2) is 0 Å². The highest BCUT2D eigenvalue weighted by atomic mass is 16.1. The molecule has 0 atom stereocenters. The number of nitrogens with zero attached hydrogens (tertiary/aromatic N) is 1. The summed E-state index contributed by atoms with van der Waals surface area (Å²) >= 11 is 0. The molecule has 0 fully saturated rings. The molecule has 0 bridgehead atoms. The molecule has 1 N–H and O–H groups in total. The minimum atomic E-state index is -0.0129. The van der Waals surface area contributed by atoms with E-state index in [9.17, 15) is 4.79 Å². The van der Waals surface area contributed by atoms with Crippen LogP contribution in [0.2, 0.25) is 0 Å². The molecule has 0 aliphatic carbocycles. The van der Waals surface area contributed by atoms with E-state index in [0.29, 0.717) is 12.8 Å². The number of fused-ring (bicyclic) bond motifs is 2. The van der Waals surface area contributed by atoms with Gasteiger partial charge in [-0.3, -0.25) is 9.78 Å². The highest BCUT2D eigenvalue weighted by molar-refractivity contribution is 6.00. The minimum absolute atomic E-state index is 0.0129. The third kappa shape index (κ3) is 4.47.